The molecule has 0 heterocycles. The van der Waals surface area contributed by atoms with Crippen molar-refractivity contribution in [3.8, 4) is 0 Å². The second kappa shape index (κ2) is 4.67. The minimum Gasteiger partial charge on any atom is -0.257 e. The highest BCUT2D eigenvalue weighted by Crippen LogP contribution is 2.04. The highest BCUT2D eigenvalue weighted by molar-refractivity contribution is 5.78. The smallest absolute Gasteiger partial charge is 0.0581 e. The topological polar surface area (TPSA) is 12.4 Å². The van der Waals surface area contributed by atoms with Crippen LogP contribution in [0.1, 0.15) is 20.8 Å². The monoisotopic (exact) mass is 149 g/mol. The molecular weight excluding hydrogens is 134 g/mol. The lowest BCUT2D eigenvalue weighted by Crippen LogP contribution is -1.80. The van der Waals surface area contributed by atoms with Gasteiger partial charge in [-0.15, -0.1) is 0 Å². The molecule has 0 saturated carbocycles. The zero-order valence-corrected chi connectivity index (χ0v) is 7.52. The van der Waals surface area contributed by atoms with Crippen molar-refractivity contribution in [3.05, 3.63) is 36.1 Å². The van der Waals surface area contributed by atoms with E-state index in [4.69, 9.17) is 0 Å². The number of rotatable bonds is 3. The molecule has 0 bridgehead atoms. The van der Waals surface area contributed by atoms with E-state index in [2.05, 4.69) is 18.2 Å². The summed E-state index contributed by atoms with van der Waals surface area (Å²) in [5.74, 6) is 0. The third-order valence-corrected chi connectivity index (χ3v) is 1.37. The van der Waals surface area contributed by atoms with E-state index in [1.54, 1.807) is 6.21 Å². The molecule has 0 saturated heterocycles. The van der Waals surface area contributed by atoms with Gasteiger partial charge in [-0.2, -0.15) is 0 Å². The average Bonchev–Trinajstić information content (AvgIpc) is 1.99. The Bertz CT molecular complexity index is 219. The van der Waals surface area contributed by atoms with Crippen molar-refractivity contribution in [1.82, 2.24) is 0 Å². The van der Waals surface area contributed by atoms with Gasteiger partial charge in [-0.1, -0.05) is 19.2 Å². The van der Waals surface area contributed by atoms with Crippen LogP contribution < -0.4 is 0 Å². The zero-order valence-electron chi connectivity index (χ0n) is 7.52. The minimum absolute atomic E-state index is 0.742. The molecule has 1 nitrogen and oxygen atoms in total. The predicted octanol–water partition coefficient (Wildman–Crippen LogP) is 3.11. The first-order valence-corrected chi connectivity index (χ1v) is 3.59. The van der Waals surface area contributed by atoms with E-state index in [9.17, 15) is 0 Å². The SMILES string of the molecule is C=C(C)C(=C)/N=C\C(C)=C/C. The van der Waals surface area contributed by atoms with Crippen LogP contribution in [0.3, 0.4) is 0 Å². The zero-order chi connectivity index (χ0) is 8.85. The van der Waals surface area contributed by atoms with Crippen molar-refractivity contribution in [2.75, 3.05) is 0 Å². The molecule has 1 heteroatoms. The van der Waals surface area contributed by atoms with Gasteiger partial charge in [0.15, 0.2) is 0 Å². The molecular formula is C10H15N. The van der Waals surface area contributed by atoms with Gasteiger partial charge in [0.1, 0.15) is 0 Å². The van der Waals surface area contributed by atoms with Crippen LogP contribution in [-0.2, 0) is 0 Å². The predicted molar refractivity (Wildman–Crippen MR) is 51.9 cm³/mol. The standard InChI is InChI=1S/C10H15N/c1-6-9(4)7-11-10(5)8(2)3/h6-7H,2,5H2,1,3-4H3/b9-6-,11-7-. The molecule has 0 fully saturated rings. The summed E-state index contributed by atoms with van der Waals surface area (Å²) in [6.07, 6.45) is 3.78. The summed E-state index contributed by atoms with van der Waals surface area (Å²) in [7, 11) is 0. The number of aliphatic imine (C=N–C) groups is 1. The number of allylic oxidation sites excluding steroid dienone is 3. The molecule has 0 aliphatic rings. The third-order valence-electron chi connectivity index (χ3n) is 1.37. The van der Waals surface area contributed by atoms with Crippen molar-refractivity contribution in [1.29, 1.82) is 0 Å². The van der Waals surface area contributed by atoms with Crippen molar-refractivity contribution < 1.29 is 0 Å². The largest absolute Gasteiger partial charge is 0.257 e. The highest BCUT2D eigenvalue weighted by atomic mass is 14.7. The second-order valence-corrected chi connectivity index (χ2v) is 2.52. The number of nitrogens with zero attached hydrogens (tertiary/aromatic N) is 1. The molecule has 0 radical (unpaired) electrons. The molecule has 0 aliphatic carbocycles. The van der Waals surface area contributed by atoms with Crippen LogP contribution in [0.25, 0.3) is 0 Å². The number of hydrogen-bond donors (Lipinski definition) is 0. The van der Waals surface area contributed by atoms with Gasteiger partial charge in [-0.3, -0.25) is 4.99 Å². The van der Waals surface area contributed by atoms with Crippen LogP contribution in [0.2, 0.25) is 0 Å². The molecule has 60 valence electrons. The van der Waals surface area contributed by atoms with Crippen molar-refractivity contribution >= 4 is 6.21 Å². The van der Waals surface area contributed by atoms with E-state index in [1.165, 1.54) is 0 Å². The average molecular weight is 149 g/mol. The summed E-state index contributed by atoms with van der Waals surface area (Å²) >= 11 is 0. The summed E-state index contributed by atoms with van der Waals surface area (Å²) in [6, 6.07) is 0. The minimum atomic E-state index is 0.742. The van der Waals surface area contributed by atoms with Gasteiger partial charge in [0.05, 0.1) is 5.70 Å². The Kier molecular flexibility index (Phi) is 4.20. The lowest BCUT2D eigenvalue weighted by Gasteiger charge is -1.95. The fourth-order valence-corrected chi connectivity index (χ4v) is 0.364. The molecule has 0 unspecified atom stereocenters. The summed E-state index contributed by atoms with van der Waals surface area (Å²) in [5.41, 5.74) is 2.78. The molecule has 0 aromatic carbocycles. The Balaban J connectivity index is 4.15. The molecule has 0 atom stereocenters. The Labute approximate surface area is 68.9 Å². The van der Waals surface area contributed by atoms with E-state index in [1.807, 2.05) is 26.8 Å². The lowest BCUT2D eigenvalue weighted by molar-refractivity contribution is 1.32. The van der Waals surface area contributed by atoms with Gasteiger partial charge in [-0.05, 0) is 31.9 Å². The van der Waals surface area contributed by atoms with Crippen LogP contribution >= 0.6 is 0 Å². The first-order chi connectivity index (χ1) is 5.07. The van der Waals surface area contributed by atoms with Crippen LogP contribution in [0.5, 0.6) is 0 Å². The fourth-order valence-electron chi connectivity index (χ4n) is 0.364. The van der Waals surface area contributed by atoms with Crippen LogP contribution in [-0.4, -0.2) is 6.21 Å². The fraction of sp³-hybridized carbons (Fsp3) is 0.300. The maximum absolute atomic E-state index is 4.11. The summed E-state index contributed by atoms with van der Waals surface area (Å²) in [4.78, 5) is 4.11. The Morgan fingerprint density at radius 3 is 2.18 bits per heavy atom. The Morgan fingerprint density at radius 2 is 1.82 bits per heavy atom. The van der Waals surface area contributed by atoms with E-state index < -0.39 is 0 Å². The Hall–Kier alpha value is -1.11. The molecule has 0 aliphatic heterocycles. The van der Waals surface area contributed by atoms with Gasteiger partial charge in [0.2, 0.25) is 0 Å². The molecule has 0 spiro atoms. The molecule has 0 amide bonds. The second-order valence-electron chi connectivity index (χ2n) is 2.52. The van der Waals surface area contributed by atoms with Crippen molar-refractivity contribution in [2.45, 2.75) is 20.8 Å². The number of hydrogen-bond acceptors (Lipinski definition) is 1. The van der Waals surface area contributed by atoms with Crippen LogP contribution in [0, 0.1) is 0 Å². The van der Waals surface area contributed by atoms with E-state index >= 15 is 0 Å². The normalized spacial score (nSPS) is 12.1. The van der Waals surface area contributed by atoms with Gasteiger partial charge in [0.25, 0.3) is 0 Å². The first-order valence-electron chi connectivity index (χ1n) is 3.59. The molecule has 0 N–H and O–H groups in total. The van der Waals surface area contributed by atoms with Crippen LogP contribution in [0.4, 0.5) is 0 Å². The first kappa shape index (κ1) is 9.89. The van der Waals surface area contributed by atoms with Gasteiger partial charge >= 0.3 is 0 Å². The van der Waals surface area contributed by atoms with Crippen molar-refractivity contribution in [2.24, 2.45) is 4.99 Å². The lowest BCUT2D eigenvalue weighted by atomic mass is 10.3. The van der Waals surface area contributed by atoms with Crippen molar-refractivity contribution in [3.63, 3.8) is 0 Å². The molecule has 0 aromatic heterocycles. The third kappa shape index (κ3) is 4.31. The van der Waals surface area contributed by atoms with E-state index in [-0.39, 0.29) is 0 Å². The quantitative estimate of drug-likeness (QED) is 0.432. The van der Waals surface area contributed by atoms with E-state index in [0.717, 1.165) is 16.8 Å². The molecule has 0 rings (SSSR count). The van der Waals surface area contributed by atoms with Gasteiger partial charge in [0, 0.05) is 6.21 Å². The Morgan fingerprint density at radius 1 is 1.27 bits per heavy atom. The van der Waals surface area contributed by atoms with Crippen LogP contribution in [0.15, 0.2) is 41.1 Å². The summed E-state index contributed by atoms with van der Waals surface area (Å²) in [5, 5.41) is 0. The van der Waals surface area contributed by atoms with Gasteiger partial charge in [-0.25, -0.2) is 0 Å². The van der Waals surface area contributed by atoms with Gasteiger partial charge < -0.3 is 0 Å². The molecule has 11 heavy (non-hydrogen) atoms. The summed E-state index contributed by atoms with van der Waals surface area (Å²) in [6.45, 7) is 13.3. The maximum atomic E-state index is 4.11. The highest BCUT2D eigenvalue weighted by Gasteiger charge is 1.87. The van der Waals surface area contributed by atoms with E-state index in [0.29, 0.717) is 0 Å². The maximum Gasteiger partial charge on any atom is 0.0581 e. The molecule has 0 aromatic rings. The summed E-state index contributed by atoms with van der Waals surface area (Å²) < 4.78 is 0.